The molecule has 9 nitrogen and oxygen atoms in total. The fraction of sp³-hybridized carbons (Fsp3) is 0.333. The molecule has 5 aromatic rings. The second-order valence-corrected chi connectivity index (χ2v) is 15.0. The first-order valence-corrected chi connectivity index (χ1v) is 17.6. The summed E-state index contributed by atoms with van der Waals surface area (Å²) in [5.41, 5.74) is 7.79. The van der Waals surface area contributed by atoms with Gasteiger partial charge in [-0.25, -0.2) is 9.71 Å². The Labute approximate surface area is 272 Å². The molecule has 1 aliphatic heterocycles. The van der Waals surface area contributed by atoms with Crippen molar-refractivity contribution in [3.05, 3.63) is 70.2 Å². The van der Waals surface area contributed by atoms with Gasteiger partial charge in [0.25, 0.3) is 5.91 Å². The quantitative estimate of drug-likeness (QED) is 0.215. The van der Waals surface area contributed by atoms with Crippen molar-refractivity contribution in [1.29, 1.82) is 0 Å². The van der Waals surface area contributed by atoms with Crippen molar-refractivity contribution >= 4 is 54.3 Å². The van der Waals surface area contributed by atoms with E-state index in [1.54, 1.807) is 6.20 Å². The lowest BCUT2D eigenvalue weighted by Gasteiger charge is -2.24. The van der Waals surface area contributed by atoms with Crippen molar-refractivity contribution in [1.82, 2.24) is 19.3 Å². The van der Waals surface area contributed by atoms with Crippen LogP contribution in [0, 0.1) is 12.8 Å². The van der Waals surface area contributed by atoms with Gasteiger partial charge in [-0.05, 0) is 79.1 Å². The predicted octanol–water partition coefficient (Wildman–Crippen LogP) is 6.57. The van der Waals surface area contributed by atoms with E-state index in [1.165, 1.54) is 6.07 Å². The molecular formula is C33H30F3N5O4S2. The van der Waals surface area contributed by atoms with Crippen molar-refractivity contribution in [2.45, 2.75) is 63.4 Å². The molecule has 1 atom stereocenters. The number of pyridine rings is 2. The van der Waals surface area contributed by atoms with Gasteiger partial charge in [-0.3, -0.25) is 14.6 Å². The standard InChI is InChI=1S/C33H30F3N5O4S2/c1-17-11-12-38-25(13-17)24-10-7-20-22-14-19(31(37)42)16-41-26-15-27(32(43)40-47(44,45)33(34,35)36)46-30(26)28(18-5-3-2-4-6-18)29(41)21(22)8-9-23(20)39-24/h7-13,15,18-19H,2-6,14,16H2,1H3,(H2,37,42)(H,40,43). The van der Waals surface area contributed by atoms with Crippen LogP contribution in [-0.4, -0.2) is 40.3 Å². The summed E-state index contributed by atoms with van der Waals surface area (Å²) in [5.74, 6) is -2.42. The molecule has 1 unspecified atom stereocenters. The van der Waals surface area contributed by atoms with E-state index >= 15 is 0 Å². The highest BCUT2D eigenvalue weighted by molar-refractivity contribution is 7.90. The summed E-state index contributed by atoms with van der Waals surface area (Å²) in [7, 11) is -5.89. The number of amides is 2. The second-order valence-electron chi connectivity index (χ2n) is 12.3. The van der Waals surface area contributed by atoms with E-state index < -0.39 is 33.3 Å². The number of nitrogens with zero attached hydrogens (tertiary/aromatic N) is 3. The van der Waals surface area contributed by atoms with E-state index in [9.17, 15) is 31.2 Å². The minimum Gasteiger partial charge on any atom is -0.369 e. The number of nitrogens with two attached hydrogens (primary N) is 1. The van der Waals surface area contributed by atoms with Gasteiger partial charge in [0.2, 0.25) is 5.91 Å². The number of nitrogens with one attached hydrogen (secondary N) is 1. The molecule has 2 amide bonds. The lowest BCUT2D eigenvalue weighted by atomic mass is 9.82. The maximum Gasteiger partial charge on any atom is 0.516 e. The highest BCUT2D eigenvalue weighted by Gasteiger charge is 2.47. The van der Waals surface area contributed by atoms with Crippen LogP contribution in [-0.2, 0) is 27.8 Å². The molecule has 4 aromatic heterocycles. The van der Waals surface area contributed by atoms with E-state index in [0.29, 0.717) is 22.3 Å². The normalized spacial score (nSPS) is 17.3. The molecule has 1 aliphatic carbocycles. The average molecular weight is 682 g/mol. The smallest absolute Gasteiger partial charge is 0.369 e. The van der Waals surface area contributed by atoms with Gasteiger partial charge in [0, 0.05) is 23.7 Å². The summed E-state index contributed by atoms with van der Waals surface area (Å²) < 4.78 is 66.5. The first-order valence-electron chi connectivity index (χ1n) is 15.3. The number of sulfonamides is 1. The lowest BCUT2D eigenvalue weighted by molar-refractivity contribution is -0.122. The number of thiophene rings is 1. The molecule has 0 bridgehead atoms. The Bertz CT molecular complexity index is 2200. The van der Waals surface area contributed by atoms with E-state index in [0.717, 1.165) is 92.7 Å². The number of alkyl halides is 3. The number of benzene rings is 1. The van der Waals surface area contributed by atoms with E-state index in [1.807, 2.05) is 47.9 Å². The molecule has 47 heavy (non-hydrogen) atoms. The van der Waals surface area contributed by atoms with Gasteiger partial charge in [-0.15, -0.1) is 11.3 Å². The summed E-state index contributed by atoms with van der Waals surface area (Å²) in [6.07, 6.45) is 6.90. The molecule has 0 saturated heterocycles. The van der Waals surface area contributed by atoms with Crippen LogP contribution in [0.4, 0.5) is 13.2 Å². The molecule has 0 radical (unpaired) electrons. The Morgan fingerprint density at radius 3 is 2.51 bits per heavy atom. The fourth-order valence-corrected chi connectivity index (χ4v) is 8.70. The van der Waals surface area contributed by atoms with Crippen molar-refractivity contribution in [2.24, 2.45) is 11.7 Å². The summed E-state index contributed by atoms with van der Waals surface area (Å²) in [6, 6.07) is 13.1. The number of hydrogen-bond donors (Lipinski definition) is 2. The number of halogens is 3. The summed E-state index contributed by atoms with van der Waals surface area (Å²) in [6.45, 7) is 2.17. The predicted molar refractivity (Wildman–Crippen MR) is 173 cm³/mol. The van der Waals surface area contributed by atoms with E-state index in [4.69, 9.17) is 10.7 Å². The van der Waals surface area contributed by atoms with Crippen LogP contribution < -0.4 is 10.5 Å². The van der Waals surface area contributed by atoms with Gasteiger partial charge in [0.1, 0.15) is 0 Å². The van der Waals surface area contributed by atoms with Gasteiger partial charge >= 0.3 is 15.5 Å². The second kappa shape index (κ2) is 11.4. The highest BCUT2D eigenvalue weighted by atomic mass is 32.2. The molecule has 3 N–H and O–H groups in total. The molecule has 7 rings (SSSR count). The largest absolute Gasteiger partial charge is 0.516 e. The highest BCUT2D eigenvalue weighted by Crippen LogP contribution is 2.49. The van der Waals surface area contributed by atoms with Gasteiger partial charge in [-0.1, -0.05) is 31.4 Å². The average Bonchev–Trinajstić information content (AvgIpc) is 3.52. The topological polar surface area (TPSA) is 137 Å². The maximum atomic E-state index is 13.1. The summed E-state index contributed by atoms with van der Waals surface area (Å²) >= 11 is 0.966. The molecule has 2 aliphatic rings. The number of rotatable bonds is 5. The van der Waals surface area contributed by atoms with Gasteiger partial charge in [0.15, 0.2) is 0 Å². The van der Waals surface area contributed by atoms with E-state index in [-0.39, 0.29) is 17.3 Å². The molecule has 14 heteroatoms. The SMILES string of the molecule is Cc1ccnc(-c2ccc3c4c(ccc3n2)-c2c(C3CCCCC3)c3sc(C(=O)NS(=O)(=O)C(F)(F)F)cc3n2CC(C(N)=O)C4)c1. The van der Waals surface area contributed by atoms with Gasteiger partial charge in [0.05, 0.1) is 43.6 Å². The molecule has 1 fully saturated rings. The number of carbonyl (C=O) groups excluding carboxylic acids is 2. The molecule has 1 aromatic carbocycles. The van der Waals surface area contributed by atoms with Crippen LogP contribution in [0.1, 0.15) is 64.4 Å². The first kappa shape index (κ1) is 31.3. The zero-order valence-electron chi connectivity index (χ0n) is 25.2. The summed E-state index contributed by atoms with van der Waals surface area (Å²) in [5, 5.41) is 0.871. The van der Waals surface area contributed by atoms with Crippen LogP contribution >= 0.6 is 11.3 Å². The van der Waals surface area contributed by atoms with Gasteiger partial charge in [-0.2, -0.15) is 21.6 Å². The Hall–Kier alpha value is -4.30. The van der Waals surface area contributed by atoms with Crippen molar-refractivity contribution < 1.29 is 31.2 Å². The zero-order chi connectivity index (χ0) is 33.2. The molecule has 1 saturated carbocycles. The van der Waals surface area contributed by atoms with Crippen LogP contribution in [0.25, 0.3) is 43.8 Å². The number of aromatic nitrogens is 3. The first-order chi connectivity index (χ1) is 22.3. The maximum absolute atomic E-state index is 13.1. The third-order valence-corrected chi connectivity index (χ3v) is 11.4. The molecule has 244 valence electrons. The van der Waals surface area contributed by atoms with Crippen LogP contribution in [0.15, 0.2) is 48.7 Å². The Morgan fingerprint density at radius 2 is 1.81 bits per heavy atom. The van der Waals surface area contributed by atoms with Crippen molar-refractivity contribution in [3.63, 3.8) is 0 Å². The Balaban J connectivity index is 1.43. The fourth-order valence-electron chi connectivity index (χ4n) is 6.99. The lowest BCUT2D eigenvalue weighted by Crippen LogP contribution is -2.39. The summed E-state index contributed by atoms with van der Waals surface area (Å²) in [4.78, 5) is 35.0. The number of primary amides is 1. The van der Waals surface area contributed by atoms with Crippen molar-refractivity contribution in [3.8, 4) is 22.6 Å². The number of carbonyl (C=O) groups is 2. The molecular weight excluding hydrogens is 652 g/mol. The minimum absolute atomic E-state index is 0.0949. The van der Waals surface area contributed by atoms with Crippen LogP contribution in [0.5, 0.6) is 0 Å². The Kier molecular flexibility index (Phi) is 7.62. The number of hydrogen-bond acceptors (Lipinski definition) is 7. The zero-order valence-corrected chi connectivity index (χ0v) is 26.9. The third-order valence-electron chi connectivity index (χ3n) is 9.21. The minimum atomic E-state index is -5.89. The van der Waals surface area contributed by atoms with E-state index in [2.05, 4.69) is 4.98 Å². The number of aryl methyl sites for hydroxylation is 1. The van der Waals surface area contributed by atoms with Gasteiger partial charge < -0.3 is 10.3 Å². The molecule has 0 spiro atoms. The van der Waals surface area contributed by atoms with Crippen LogP contribution in [0.2, 0.25) is 0 Å². The third kappa shape index (κ3) is 5.46. The van der Waals surface area contributed by atoms with Crippen molar-refractivity contribution in [2.75, 3.05) is 0 Å². The van der Waals surface area contributed by atoms with Crippen LogP contribution in [0.3, 0.4) is 0 Å². The monoisotopic (exact) mass is 681 g/mol. The Morgan fingerprint density at radius 1 is 1.04 bits per heavy atom. The molecule has 5 heterocycles. The number of fused-ring (bicyclic) bond motifs is 7.